The van der Waals surface area contributed by atoms with Crippen LogP contribution in [-0.4, -0.2) is 28.0 Å². The highest BCUT2D eigenvalue weighted by Crippen LogP contribution is 2.33. The number of amides is 1. The maximum atomic E-state index is 12.6. The molecule has 1 saturated carbocycles. The Labute approximate surface area is 138 Å². The number of aromatic nitrogens is 1. The molecule has 2 aromatic heterocycles. The fourth-order valence-electron chi connectivity index (χ4n) is 3.50. The molecular weight excluding hydrogens is 312 g/mol. The molecule has 2 aromatic rings. The van der Waals surface area contributed by atoms with E-state index in [1.54, 1.807) is 0 Å². The van der Waals surface area contributed by atoms with Crippen LogP contribution in [-0.2, 0) is 4.79 Å². The number of carboxylic acid groups (broad SMARTS) is 1. The largest absolute Gasteiger partial charge is 0.481 e. The van der Waals surface area contributed by atoms with Crippen molar-refractivity contribution >= 4 is 33.4 Å². The van der Waals surface area contributed by atoms with Crippen LogP contribution in [0.25, 0.3) is 10.2 Å². The first-order valence-electron chi connectivity index (χ1n) is 7.79. The topological polar surface area (TPSA) is 79.3 Å². The van der Waals surface area contributed by atoms with E-state index in [9.17, 15) is 14.7 Å². The van der Waals surface area contributed by atoms with Crippen LogP contribution in [0.4, 0.5) is 0 Å². The van der Waals surface area contributed by atoms with E-state index in [2.05, 4.69) is 10.3 Å². The maximum Gasteiger partial charge on any atom is 0.308 e. The van der Waals surface area contributed by atoms with E-state index in [1.165, 1.54) is 11.3 Å². The molecule has 1 aliphatic carbocycles. The summed E-state index contributed by atoms with van der Waals surface area (Å²) in [6.45, 7) is 5.90. The third kappa shape index (κ3) is 2.83. The van der Waals surface area contributed by atoms with Crippen molar-refractivity contribution in [1.82, 2.24) is 10.3 Å². The minimum atomic E-state index is -0.825. The van der Waals surface area contributed by atoms with Gasteiger partial charge in [-0.05, 0) is 50.8 Å². The van der Waals surface area contributed by atoms with Crippen molar-refractivity contribution in [1.29, 1.82) is 0 Å². The molecule has 2 N–H and O–H groups in total. The van der Waals surface area contributed by atoms with Crippen LogP contribution >= 0.6 is 11.3 Å². The van der Waals surface area contributed by atoms with Crippen molar-refractivity contribution in [3.63, 3.8) is 0 Å². The monoisotopic (exact) mass is 332 g/mol. The standard InChI is InChI=1S/C17H20N2O3S/c1-8-7-9(2)18-16-13(8)10(3)14(23-16)15(20)19-12-6-4-5-11(12)17(21)22/h7,11-12H,4-6H2,1-3H3,(H,19,20)(H,21,22)/t11-,12+/m1/s1. The van der Waals surface area contributed by atoms with Crippen molar-refractivity contribution in [3.8, 4) is 0 Å². The number of fused-ring (bicyclic) bond motifs is 1. The van der Waals surface area contributed by atoms with Crippen LogP contribution in [0.2, 0.25) is 0 Å². The Morgan fingerprint density at radius 3 is 2.74 bits per heavy atom. The zero-order chi connectivity index (χ0) is 16.7. The number of hydrogen-bond acceptors (Lipinski definition) is 4. The van der Waals surface area contributed by atoms with Gasteiger partial charge < -0.3 is 10.4 Å². The Morgan fingerprint density at radius 2 is 2.04 bits per heavy atom. The number of aliphatic carboxylic acids is 1. The van der Waals surface area contributed by atoms with Gasteiger partial charge in [0.2, 0.25) is 0 Å². The molecular formula is C17H20N2O3S. The van der Waals surface area contributed by atoms with Gasteiger partial charge in [-0.15, -0.1) is 11.3 Å². The molecule has 3 rings (SSSR count). The summed E-state index contributed by atoms with van der Waals surface area (Å²) in [5.74, 6) is -1.48. The Balaban J connectivity index is 1.91. The Hall–Kier alpha value is -1.95. The SMILES string of the molecule is Cc1cc(C)c2c(C)c(C(=O)N[C@H]3CCC[C@H]3C(=O)O)sc2n1. The number of pyridine rings is 1. The fraction of sp³-hybridized carbons (Fsp3) is 0.471. The van der Waals surface area contributed by atoms with Gasteiger partial charge in [-0.2, -0.15) is 0 Å². The van der Waals surface area contributed by atoms with Crippen LogP contribution in [0, 0.1) is 26.7 Å². The number of hydrogen-bond donors (Lipinski definition) is 2. The van der Waals surface area contributed by atoms with Gasteiger partial charge >= 0.3 is 5.97 Å². The molecule has 5 nitrogen and oxygen atoms in total. The van der Waals surface area contributed by atoms with Crippen molar-refractivity contribution in [2.75, 3.05) is 0 Å². The molecule has 0 radical (unpaired) electrons. The zero-order valence-electron chi connectivity index (χ0n) is 13.5. The summed E-state index contributed by atoms with van der Waals surface area (Å²) >= 11 is 1.38. The van der Waals surface area contributed by atoms with Gasteiger partial charge in [0, 0.05) is 17.1 Å². The number of carboxylic acids is 1. The molecule has 2 heterocycles. The van der Waals surface area contributed by atoms with E-state index in [-0.39, 0.29) is 11.9 Å². The lowest BCUT2D eigenvalue weighted by molar-refractivity contribution is -0.142. The molecule has 0 bridgehead atoms. The molecule has 6 heteroatoms. The highest BCUT2D eigenvalue weighted by molar-refractivity contribution is 7.20. The smallest absolute Gasteiger partial charge is 0.308 e. The second kappa shape index (κ2) is 5.92. The van der Waals surface area contributed by atoms with Gasteiger partial charge in [0.15, 0.2) is 0 Å². The highest BCUT2D eigenvalue weighted by Gasteiger charge is 2.34. The minimum absolute atomic E-state index is 0.180. The van der Waals surface area contributed by atoms with E-state index >= 15 is 0 Å². The number of carbonyl (C=O) groups excluding carboxylic acids is 1. The number of nitrogens with zero attached hydrogens (tertiary/aromatic N) is 1. The van der Waals surface area contributed by atoms with Gasteiger partial charge in [0.05, 0.1) is 10.8 Å². The van der Waals surface area contributed by atoms with Crippen LogP contribution in [0.15, 0.2) is 6.07 Å². The minimum Gasteiger partial charge on any atom is -0.481 e. The third-order valence-corrected chi connectivity index (χ3v) is 5.77. The molecule has 0 aromatic carbocycles. The average Bonchev–Trinajstić information content (AvgIpc) is 3.03. The predicted octanol–water partition coefficient (Wildman–Crippen LogP) is 3.20. The molecule has 23 heavy (non-hydrogen) atoms. The normalized spacial score (nSPS) is 20.8. The molecule has 0 spiro atoms. The molecule has 1 amide bonds. The average molecular weight is 332 g/mol. The van der Waals surface area contributed by atoms with E-state index in [0.717, 1.165) is 39.9 Å². The van der Waals surface area contributed by atoms with Gasteiger partial charge in [-0.1, -0.05) is 6.42 Å². The number of nitrogens with one attached hydrogen (secondary N) is 1. The van der Waals surface area contributed by atoms with Crippen LogP contribution in [0.5, 0.6) is 0 Å². The van der Waals surface area contributed by atoms with Crippen LogP contribution < -0.4 is 5.32 Å². The summed E-state index contributed by atoms with van der Waals surface area (Å²) in [5.41, 5.74) is 2.98. The van der Waals surface area contributed by atoms with Crippen molar-refractivity contribution in [2.45, 2.75) is 46.1 Å². The second-order valence-corrected chi connectivity index (χ2v) is 7.27. The maximum absolute atomic E-state index is 12.6. The van der Waals surface area contributed by atoms with Crippen molar-refractivity contribution in [3.05, 3.63) is 27.8 Å². The van der Waals surface area contributed by atoms with E-state index in [1.807, 2.05) is 26.8 Å². The first kappa shape index (κ1) is 15.9. The Morgan fingerprint density at radius 1 is 1.30 bits per heavy atom. The van der Waals surface area contributed by atoms with Crippen LogP contribution in [0.3, 0.4) is 0 Å². The van der Waals surface area contributed by atoms with Gasteiger partial charge in [-0.25, -0.2) is 4.98 Å². The number of aryl methyl sites for hydroxylation is 3. The van der Waals surface area contributed by atoms with Gasteiger partial charge in [-0.3, -0.25) is 9.59 Å². The van der Waals surface area contributed by atoms with E-state index in [4.69, 9.17) is 0 Å². The highest BCUT2D eigenvalue weighted by atomic mass is 32.1. The Kier molecular flexibility index (Phi) is 4.10. The molecule has 2 atom stereocenters. The lowest BCUT2D eigenvalue weighted by Gasteiger charge is -2.17. The quantitative estimate of drug-likeness (QED) is 0.904. The van der Waals surface area contributed by atoms with Crippen LogP contribution in [0.1, 0.15) is 45.8 Å². The molecule has 0 aliphatic heterocycles. The summed E-state index contributed by atoms with van der Waals surface area (Å²) in [5, 5.41) is 13.2. The summed E-state index contributed by atoms with van der Waals surface area (Å²) in [6.07, 6.45) is 2.20. The van der Waals surface area contributed by atoms with E-state index < -0.39 is 11.9 Å². The summed E-state index contributed by atoms with van der Waals surface area (Å²) < 4.78 is 0. The molecule has 1 fully saturated rings. The summed E-state index contributed by atoms with van der Waals surface area (Å²) in [7, 11) is 0. The van der Waals surface area contributed by atoms with Crippen molar-refractivity contribution in [2.24, 2.45) is 5.92 Å². The number of rotatable bonds is 3. The second-order valence-electron chi connectivity index (χ2n) is 6.27. The number of carbonyl (C=O) groups is 2. The molecule has 0 saturated heterocycles. The molecule has 1 aliphatic rings. The first-order valence-corrected chi connectivity index (χ1v) is 8.61. The van der Waals surface area contributed by atoms with E-state index in [0.29, 0.717) is 11.3 Å². The number of thiophene rings is 1. The fourth-order valence-corrected chi connectivity index (χ4v) is 4.70. The summed E-state index contributed by atoms with van der Waals surface area (Å²) in [6, 6.07) is 1.74. The lowest BCUT2D eigenvalue weighted by Crippen LogP contribution is -2.40. The predicted molar refractivity (Wildman–Crippen MR) is 90.1 cm³/mol. The lowest BCUT2D eigenvalue weighted by atomic mass is 10.0. The van der Waals surface area contributed by atoms with Gasteiger partial charge in [0.1, 0.15) is 4.83 Å². The first-order chi connectivity index (χ1) is 10.9. The van der Waals surface area contributed by atoms with Gasteiger partial charge in [0.25, 0.3) is 5.91 Å². The van der Waals surface area contributed by atoms with Crippen molar-refractivity contribution < 1.29 is 14.7 Å². The summed E-state index contributed by atoms with van der Waals surface area (Å²) in [4.78, 5) is 29.9. The zero-order valence-corrected chi connectivity index (χ0v) is 14.3. The molecule has 0 unspecified atom stereocenters. The molecule has 122 valence electrons. The third-order valence-electron chi connectivity index (χ3n) is 4.58. The Bertz CT molecular complexity index is 797.